The van der Waals surface area contributed by atoms with Gasteiger partial charge < -0.3 is 10.1 Å². The molecule has 3 aromatic carbocycles. The van der Waals surface area contributed by atoms with Gasteiger partial charge in [0.2, 0.25) is 0 Å². The van der Waals surface area contributed by atoms with Crippen molar-refractivity contribution in [1.82, 2.24) is 10.2 Å². The van der Waals surface area contributed by atoms with Gasteiger partial charge in [0.1, 0.15) is 5.75 Å². The van der Waals surface area contributed by atoms with Gasteiger partial charge in [-0.15, -0.1) is 0 Å². The van der Waals surface area contributed by atoms with Crippen LogP contribution in [0.3, 0.4) is 0 Å². The van der Waals surface area contributed by atoms with Crippen molar-refractivity contribution in [2.24, 2.45) is 0 Å². The molecule has 0 aromatic heterocycles. The number of nitrogens with zero attached hydrogens (tertiary/aromatic N) is 1. The van der Waals surface area contributed by atoms with Gasteiger partial charge in [0.25, 0.3) is 5.91 Å². The third-order valence-electron chi connectivity index (χ3n) is 7.56. The molecule has 5 rings (SSSR count). The van der Waals surface area contributed by atoms with Gasteiger partial charge in [-0.05, 0) is 83.6 Å². The monoisotopic (exact) mass is 458 g/mol. The number of rotatable bonds is 4. The summed E-state index contributed by atoms with van der Waals surface area (Å²) < 4.78 is 5.36. The summed E-state index contributed by atoms with van der Waals surface area (Å²) in [5, 5.41) is 7.45. The van der Waals surface area contributed by atoms with Crippen molar-refractivity contribution in [2.75, 3.05) is 7.11 Å². The molecule has 0 saturated heterocycles. The molecule has 178 valence electrons. The van der Waals surface area contributed by atoms with E-state index in [2.05, 4.69) is 17.4 Å². The Morgan fingerprint density at radius 2 is 1.38 bits per heavy atom. The molecule has 3 aromatic rings. The van der Waals surface area contributed by atoms with Crippen LogP contribution >= 0.6 is 0 Å². The quantitative estimate of drug-likeness (QED) is 0.437. The normalized spacial score (nSPS) is 17.6. The molecule has 2 aliphatic carbocycles. The van der Waals surface area contributed by atoms with Crippen LogP contribution in [0.15, 0.2) is 48.5 Å². The number of carbonyl (C=O) groups excluding carboxylic acids is 2. The molecule has 5 nitrogen and oxygen atoms in total. The molecule has 2 aliphatic rings. The SMILES string of the molecule is COc1ccc2cc3cc(C(=O)N(C(=O)NC4CCCCC4)C4CCCCC4)ccc3cc2c1. The molecule has 0 atom stereocenters. The number of benzene rings is 3. The summed E-state index contributed by atoms with van der Waals surface area (Å²) in [4.78, 5) is 28.7. The number of imide groups is 1. The third-order valence-corrected chi connectivity index (χ3v) is 7.56. The van der Waals surface area contributed by atoms with E-state index in [-0.39, 0.29) is 24.0 Å². The van der Waals surface area contributed by atoms with E-state index in [9.17, 15) is 9.59 Å². The van der Waals surface area contributed by atoms with Gasteiger partial charge in [0.05, 0.1) is 7.11 Å². The van der Waals surface area contributed by atoms with Gasteiger partial charge in [-0.2, -0.15) is 0 Å². The maximum Gasteiger partial charge on any atom is 0.324 e. The van der Waals surface area contributed by atoms with Gasteiger partial charge in [0, 0.05) is 17.6 Å². The Bertz CT molecular complexity index is 1190. The second-order valence-corrected chi connectivity index (χ2v) is 9.88. The van der Waals surface area contributed by atoms with Gasteiger partial charge in [-0.3, -0.25) is 9.69 Å². The van der Waals surface area contributed by atoms with Crippen LogP contribution in [-0.2, 0) is 0 Å². The highest BCUT2D eigenvalue weighted by atomic mass is 16.5. The first-order valence-corrected chi connectivity index (χ1v) is 12.8. The van der Waals surface area contributed by atoms with Crippen LogP contribution in [0.25, 0.3) is 21.5 Å². The van der Waals surface area contributed by atoms with Crippen LogP contribution in [0.4, 0.5) is 4.79 Å². The zero-order chi connectivity index (χ0) is 23.5. The zero-order valence-corrected chi connectivity index (χ0v) is 20.0. The minimum Gasteiger partial charge on any atom is -0.497 e. The lowest BCUT2D eigenvalue weighted by molar-refractivity contribution is 0.0702. The topological polar surface area (TPSA) is 58.6 Å². The van der Waals surface area contributed by atoms with E-state index >= 15 is 0 Å². The number of nitrogens with one attached hydrogen (secondary N) is 1. The van der Waals surface area contributed by atoms with Crippen molar-refractivity contribution in [3.8, 4) is 5.75 Å². The fourth-order valence-corrected chi connectivity index (χ4v) is 5.63. The van der Waals surface area contributed by atoms with Gasteiger partial charge in [-0.1, -0.05) is 50.7 Å². The average molecular weight is 459 g/mol. The average Bonchev–Trinajstić information content (AvgIpc) is 2.88. The van der Waals surface area contributed by atoms with Crippen LogP contribution in [0, 0.1) is 0 Å². The summed E-state index contributed by atoms with van der Waals surface area (Å²) >= 11 is 0. The predicted octanol–water partition coefficient (Wildman–Crippen LogP) is 6.82. The van der Waals surface area contributed by atoms with Crippen molar-refractivity contribution in [3.63, 3.8) is 0 Å². The van der Waals surface area contributed by atoms with Crippen molar-refractivity contribution in [1.29, 1.82) is 0 Å². The first kappa shape index (κ1) is 22.7. The van der Waals surface area contributed by atoms with E-state index in [0.717, 1.165) is 78.7 Å². The lowest BCUT2D eigenvalue weighted by atomic mass is 9.93. The van der Waals surface area contributed by atoms with Gasteiger partial charge in [-0.25, -0.2) is 4.79 Å². The fraction of sp³-hybridized carbons (Fsp3) is 0.448. The second-order valence-electron chi connectivity index (χ2n) is 9.88. The third kappa shape index (κ3) is 4.75. The minimum absolute atomic E-state index is 0.0235. The summed E-state index contributed by atoms with van der Waals surface area (Å²) in [6.07, 6.45) is 10.6. The first-order valence-electron chi connectivity index (χ1n) is 12.8. The van der Waals surface area contributed by atoms with Gasteiger partial charge in [0.15, 0.2) is 0 Å². The van der Waals surface area contributed by atoms with Gasteiger partial charge >= 0.3 is 6.03 Å². The van der Waals surface area contributed by atoms with Crippen LogP contribution < -0.4 is 10.1 Å². The number of amides is 3. The number of carbonyl (C=O) groups is 2. The number of fused-ring (bicyclic) bond motifs is 2. The number of hydrogen-bond donors (Lipinski definition) is 1. The van der Waals surface area contributed by atoms with Crippen molar-refractivity contribution in [3.05, 3.63) is 54.1 Å². The van der Waals surface area contributed by atoms with E-state index in [0.29, 0.717) is 5.56 Å². The standard InChI is InChI=1S/C29H34N2O3/c1-34-27-15-14-21-16-23-18-22(13-12-20(23)17-24(21)19-27)28(32)31(26-10-6-3-7-11-26)29(33)30-25-8-4-2-5-9-25/h12-19,25-26H,2-11H2,1H3,(H,30,33). The van der Waals surface area contributed by atoms with Crippen molar-refractivity contribution < 1.29 is 14.3 Å². The minimum atomic E-state index is -0.213. The van der Waals surface area contributed by atoms with E-state index in [4.69, 9.17) is 4.74 Å². The molecule has 0 heterocycles. The molecular formula is C29H34N2O3. The van der Waals surface area contributed by atoms with Crippen LogP contribution in [0.2, 0.25) is 0 Å². The molecule has 0 unspecified atom stereocenters. The molecule has 5 heteroatoms. The van der Waals surface area contributed by atoms with E-state index < -0.39 is 0 Å². The molecule has 2 fully saturated rings. The lowest BCUT2D eigenvalue weighted by Crippen LogP contribution is -2.52. The number of ether oxygens (including phenoxy) is 1. The molecule has 0 bridgehead atoms. The van der Waals surface area contributed by atoms with Crippen LogP contribution in [0.1, 0.15) is 74.6 Å². The highest BCUT2D eigenvalue weighted by Gasteiger charge is 2.33. The Hall–Kier alpha value is -3.08. The molecule has 0 spiro atoms. The Kier molecular flexibility index (Phi) is 6.70. The number of hydrogen-bond acceptors (Lipinski definition) is 3. The predicted molar refractivity (Wildman–Crippen MR) is 136 cm³/mol. The summed E-state index contributed by atoms with van der Waals surface area (Å²) in [6.45, 7) is 0. The van der Waals surface area contributed by atoms with Crippen molar-refractivity contribution >= 4 is 33.5 Å². The Balaban J connectivity index is 1.45. The van der Waals surface area contributed by atoms with Crippen molar-refractivity contribution in [2.45, 2.75) is 76.3 Å². The summed E-state index contributed by atoms with van der Waals surface area (Å²) in [7, 11) is 1.67. The molecular weight excluding hydrogens is 424 g/mol. The maximum atomic E-state index is 13.8. The lowest BCUT2D eigenvalue weighted by Gasteiger charge is -2.34. The number of methoxy groups -OCH3 is 1. The summed E-state index contributed by atoms with van der Waals surface area (Å²) in [6, 6.07) is 16.0. The Morgan fingerprint density at radius 3 is 2.06 bits per heavy atom. The molecule has 2 saturated carbocycles. The second kappa shape index (κ2) is 10.0. The highest BCUT2D eigenvalue weighted by molar-refractivity contribution is 6.08. The van der Waals surface area contributed by atoms with E-state index in [1.54, 1.807) is 12.0 Å². The zero-order valence-electron chi connectivity index (χ0n) is 20.0. The molecule has 34 heavy (non-hydrogen) atoms. The largest absolute Gasteiger partial charge is 0.497 e. The fourth-order valence-electron chi connectivity index (χ4n) is 5.63. The summed E-state index contributed by atoms with van der Waals surface area (Å²) in [5.41, 5.74) is 0.574. The molecule has 0 aliphatic heterocycles. The van der Waals surface area contributed by atoms with Crippen LogP contribution in [0.5, 0.6) is 5.75 Å². The maximum absolute atomic E-state index is 13.8. The Labute approximate surface area is 201 Å². The molecule has 3 amide bonds. The van der Waals surface area contributed by atoms with E-state index in [1.165, 1.54) is 12.8 Å². The first-order chi connectivity index (χ1) is 16.6. The van der Waals surface area contributed by atoms with Crippen LogP contribution in [-0.4, -0.2) is 36.0 Å². The van der Waals surface area contributed by atoms with E-state index in [1.807, 2.05) is 36.4 Å². The molecule has 0 radical (unpaired) electrons. The highest BCUT2D eigenvalue weighted by Crippen LogP contribution is 2.29. The Morgan fingerprint density at radius 1 is 0.765 bits per heavy atom. The number of urea groups is 1. The summed E-state index contributed by atoms with van der Waals surface area (Å²) in [5.74, 6) is 0.641. The smallest absolute Gasteiger partial charge is 0.324 e. The molecule has 1 N–H and O–H groups in total.